The molecule has 46 heavy (non-hydrogen) atoms. The fourth-order valence-electron chi connectivity index (χ4n) is 5.63. The van der Waals surface area contributed by atoms with Crippen LogP contribution in [-0.2, 0) is 23.9 Å². The van der Waals surface area contributed by atoms with E-state index in [1.54, 1.807) is 24.3 Å². The third-order valence-electron chi connectivity index (χ3n) is 7.61. The number of rotatable bonds is 13. The van der Waals surface area contributed by atoms with Gasteiger partial charge in [0.25, 0.3) is 5.91 Å². The summed E-state index contributed by atoms with van der Waals surface area (Å²) in [6.07, 6.45) is -7.24. The van der Waals surface area contributed by atoms with Crippen molar-refractivity contribution in [1.29, 1.82) is 0 Å². The van der Waals surface area contributed by atoms with Crippen molar-refractivity contribution in [1.82, 2.24) is 9.88 Å². The number of alkyl halides is 3. The number of benzene rings is 3. The summed E-state index contributed by atoms with van der Waals surface area (Å²) in [4.78, 5) is 25.1. The highest BCUT2D eigenvalue weighted by atomic mass is 19.4. The number of aliphatic carboxylic acids is 1. The number of carbonyl (C=O) groups is 2. The van der Waals surface area contributed by atoms with E-state index in [4.69, 9.17) is 5.11 Å². The summed E-state index contributed by atoms with van der Waals surface area (Å²) in [5.41, 5.74) is 2.71. The standard InChI is InChI=1S/C35H36F4N2O5/c1-21(2)41-29(16-15-27(42)18-28(43)19-30(44)45)31(24-11-13-26(36)14-12-24)32(23-8-4-3-5-9-23)33(41)34(46)40-20-22-7-6-10-25(17-22)35(37,38)39/h3-14,17,21,27-28,42-43H,15-16,18-20H2,1-2H3,(H,40,46)(H,44,45)/t27-,28-/m1/s1. The molecule has 0 bridgehead atoms. The molecule has 0 aliphatic heterocycles. The van der Waals surface area contributed by atoms with Crippen molar-refractivity contribution in [3.8, 4) is 22.3 Å². The number of aliphatic hydroxyl groups excluding tert-OH is 2. The van der Waals surface area contributed by atoms with Gasteiger partial charge in [-0.05, 0) is 74.1 Å². The minimum atomic E-state index is -4.54. The lowest BCUT2D eigenvalue weighted by Gasteiger charge is -2.20. The van der Waals surface area contributed by atoms with E-state index >= 15 is 0 Å². The Morgan fingerprint density at radius 3 is 2.13 bits per heavy atom. The van der Waals surface area contributed by atoms with Gasteiger partial charge in [-0.25, -0.2) is 4.39 Å². The number of halogens is 4. The van der Waals surface area contributed by atoms with E-state index in [-0.39, 0.29) is 43.1 Å². The Balaban J connectivity index is 1.84. The molecular formula is C35H36F4N2O5. The van der Waals surface area contributed by atoms with Crippen LogP contribution >= 0.6 is 0 Å². The van der Waals surface area contributed by atoms with Gasteiger partial charge in [0.15, 0.2) is 0 Å². The molecule has 1 amide bonds. The molecule has 1 aromatic heterocycles. The summed E-state index contributed by atoms with van der Waals surface area (Å²) in [5.74, 6) is -2.20. The van der Waals surface area contributed by atoms with Crippen LogP contribution in [0.5, 0.6) is 0 Å². The maximum Gasteiger partial charge on any atom is 0.416 e. The number of amides is 1. The Bertz CT molecular complexity index is 1650. The van der Waals surface area contributed by atoms with Gasteiger partial charge in [0.1, 0.15) is 11.5 Å². The van der Waals surface area contributed by atoms with Gasteiger partial charge >= 0.3 is 12.1 Å². The summed E-state index contributed by atoms with van der Waals surface area (Å²) in [5, 5.41) is 32.6. The first-order valence-electron chi connectivity index (χ1n) is 14.9. The minimum Gasteiger partial charge on any atom is -0.481 e. The van der Waals surface area contributed by atoms with E-state index in [0.717, 1.165) is 12.1 Å². The molecule has 7 nitrogen and oxygen atoms in total. The van der Waals surface area contributed by atoms with Gasteiger partial charge in [-0.2, -0.15) is 13.2 Å². The first-order valence-corrected chi connectivity index (χ1v) is 14.9. The normalized spacial score (nSPS) is 13.1. The molecular weight excluding hydrogens is 604 g/mol. The second-order valence-electron chi connectivity index (χ2n) is 11.4. The fourth-order valence-corrected chi connectivity index (χ4v) is 5.63. The smallest absolute Gasteiger partial charge is 0.416 e. The predicted octanol–water partition coefficient (Wildman–Crippen LogP) is 7.01. The highest BCUT2D eigenvalue weighted by Gasteiger charge is 2.32. The zero-order valence-corrected chi connectivity index (χ0v) is 25.4. The molecule has 0 unspecified atom stereocenters. The third-order valence-corrected chi connectivity index (χ3v) is 7.61. The maximum absolute atomic E-state index is 14.1. The van der Waals surface area contributed by atoms with Crippen LogP contribution in [0.25, 0.3) is 22.3 Å². The van der Waals surface area contributed by atoms with Crippen LogP contribution in [-0.4, -0.2) is 44.0 Å². The molecule has 0 aliphatic rings. The molecule has 0 saturated carbocycles. The third kappa shape index (κ3) is 8.41. The van der Waals surface area contributed by atoms with Gasteiger partial charge in [-0.3, -0.25) is 9.59 Å². The van der Waals surface area contributed by atoms with Crippen LogP contribution < -0.4 is 5.32 Å². The van der Waals surface area contributed by atoms with Gasteiger partial charge in [-0.15, -0.1) is 0 Å². The van der Waals surface area contributed by atoms with Crippen LogP contribution in [0.1, 0.15) is 66.5 Å². The zero-order valence-electron chi connectivity index (χ0n) is 25.4. The van der Waals surface area contributed by atoms with Crippen molar-refractivity contribution in [2.24, 2.45) is 0 Å². The number of nitrogens with one attached hydrogen (secondary N) is 1. The molecule has 0 radical (unpaired) electrons. The monoisotopic (exact) mass is 640 g/mol. The first-order chi connectivity index (χ1) is 21.8. The van der Waals surface area contributed by atoms with Gasteiger partial charge in [0.05, 0.1) is 24.2 Å². The van der Waals surface area contributed by atoms with E-state index < -0.39 is 48.1 Å². The second kappa shape index (κ2) is 14.7. The molecule has 4 rings (SSSR count). The summed E-state index contributed by atoms with van der Waals surface area (Å²) >= 11 is 0. The number of nitrogens with zero attached hydrogens (tertiary/aromatic N) is 1. The molecule has 11 heteroatoms. The number of carboxylic acid groups (broad SMARTS) is 1. The van der Waals surface area contributed by atoms with Gasteiger partial charge < -0.3 is 25.2 Å². The summed E-state index contributed by atoms with van der Waals surface area (Å²) in [6.45, 7) is 3.55. The minimum absolute atomic E-state index is 0.112. The maximum atomic E-state index is 14.1. The molecule has 0 fully saturated rings. The molecule has 4 N–H and O–H groups in total. The van der Waals surface area contributed by atoms with Gasteiger partial charge in [0, 0.05) is 29.4 Å². The number of aromatic nitrogens is 1. The van der Waals surface area contributed by atoms with E-state index in [2.05, 4.69) is 5.32 Å². The summed E-state index contributed by atoms with van der Waals surface area (Å²) in [7, 11) is 0. The molecule has 4 aromatic rings. The van der Waals surface area contributed by atoms with Crippen molar-refractivity contribution < 1.29 is 42.5 Å². The topological polar surface area (TPSA) is 112 Å². The Kier molecular flexibility index (Phi) is 11.0. The predicted molar refractivity (Wildman–Crippen MR) is 165 cm³/mol. The molecule has 244 valence electrons. The molecule has 2 atom stereocenters. The number of hydrogen-bond donors (Lipinski definition) is 4. The first kappa shape index (κ1) is 34.4. The van der Waals surface area contributed by atoms with E-state index in [1.165, 1.54) is 24.3 Å². The largest absolute Gasteiger partial charge is 0.481 e. The number of carboxylic acids is 1. The molecule has 1 heterocycles. The van der Waals surface area contributed by atoms with Gasteiger partial charge in [0.2, 0.25) is 0 Å². The number of hydrogen-bond acceptors (Lipinski definition) is 4. The van der Waals surface area contributed by atoms with Crippen molar-refractivity contribution in [2.45, 2.75) is 70.5 Å². The molecule has 0 aliphatic carbocycles. The Hall–Kier alpha value is -4.48. The van der Waals surface area contributed by atoms with Crippen LogP contribution in [0, 0.1) is 5.82 Å². The van der Waals surface area contributed by atoms with Crippen LogP contribution in [0.15, 0.2) is 78.9 Å². The lowest BCUT2D eigenvalue weighted by Crippen LogP contribution is -2.27. The lowest BCUT2D eigenvalue weighted by atomic mass is 9.92. The molecule has 0 spiro atoms. The Morgan fingerprint density at radius 1 is 0.870 bits per heavy atom. The van der Waals surface area contributed by atoms with Crippen molar-refractivity contribution in [3.05, 3.63) is 107 Å². The van der Waals surface area contributed by atoms with Crippen molar-refractivity contribution >= 4 is 11.9 Å². The average Bonchev–Trinajstić information content (AvgIpc) is 3.34. The second-order valence-corrected chi connectivity index (χ2v) is 11.4. The fraction of sp³-hybridized carbons (Fsp3) is 0.314. The van der Waals surface area contributed by atoms with Crippen molar-refractivity contribution in [2.75, 3.05) is 0 Å². The lowest BCUT2D eigenvalue weighted by molar-refractivity contribution is -0.139. The van der Waals surface area contributed by atoms with E-state index in [1.807, 2.05) is 36.6 Å². The zero-order chi connectivity index (χ0) is 33.6. The summed E-state index contributed by atoms with van der Waals surface area (Å²) < 4.78 is 55.9. The average molecular weight is 641 g/mol. The van der Waals surface area contributed by atoms with Crippen LogP contribution in [0.4, 0.5) is 17.6 Å². The number of carbonyl (C=O) groups excluding carboxylic acids is 1. The van der Waals surface area contributed by atoms with E-state index in [9.17, 15) is 37.4 Å². The number of aliphatic hydroxyl groups is 2. The molecule has 3 aromatic carbocycles. The Morgan fingerprint density at radius 2 is 1.52 bits per heavy atom. The quantitative estimate of drug-likeness (QED) is 0.118. The highest BCUT2D eigenvalue weighted by Crippen LogP contribution is 2.42. The van der Waals surface area contributed by atoms with Crippen LogP contribution in [0.3, 0.4) is 0 Å². The van der Waals surface area contributed by atoms with Crippen molar-refractivity contribution in [3.63, 3.8) is 0 Å². The SMILES string of the molecule is CC(C)n1c(CC[C@@H](O)C[C@@H](O)CC(=O)O)c(-c2ccc(F)cc2)c(-c2ccccc2)c1C(=O)NCc1cccc(C(F)(F)F)c1. The summed E-state index contributed by atoms with van der Waals surface area (Å²) in [6, 6.07) is 19.2. The highest BCUT2D eigenvalue weighted by molar-refractivity contribution is 6.05. The Labute approximate surface area is 264 Å². The molecule has 0 saturated heterocycles. The van der Waals surface area contributed by atoms with Gasteiger partial charge in [-0.1, -0.05) is 54.6 Å². The van der Waals surface area contributed by atoms with Crippen LogP contribution in [0.2, 0.25) is 0 Å². The van der Waals surface area contributed by atoms with E-state index in [0.29, 0.717) is 27.9 Å².